The molecular weight excluding hydrogens is 433 g/mol. The summed E-state index contributed by atoms with van der Waals surface area (Å²) in [5.74, 6) is 0.892. The van der Waals surface area contributed by atoms with E-state index in [-0.39, 0.29) is 0 Å². The van der Waals surface area contributed by atoms with Gasteiger partial charge in [-0.25, -0.2) is 15.5 Å². The zero-order chi connectivity index (χ0) is 22.1. The number of anilines is 2. The van der Waals surface area contributed by atoms with Gasteiger partial charge in [-0.05, 0) is 50.3 Å². The summed E-state index contributed by atoms with van der Waals surface area (Å²) in [6.45, 7) is 2.17. The van der Waals surface area contributed by atoms with Gasteiger partial charge < -0.3 is 10.6 Å². The largest absolute Gasteiger partial charge is 0.383 e. The Morgan fingerprint density at radius 2 is 1.81 bits per heavy atom. The number of hydrazine groups is 2. The summed E-state index contributed by atoms with van der Waals surface area (Å²) >= 11 is 12.6. The van der Waals surface area contributed by atoms with E-state index >= 15 is 0 Å². The van der Waals surface area contributed by atoms with Crippen molar-refractivity contribution in [3.05, 3.63) is 75.9 Å². The third-order valence-electron chi connectivity index (χ3n) is 5.37. The van der Waals surface area contributed by atoms with Crippen molar-refractivity contribution in [1.82, 2.24) is 21.0 Å². The van der Waals surface area contributed by atoms with Crippen LogP contribution in [0.15, 0.2) is 59.8 Å². The second-order valence-electron chi connectivity index (χ2n) is 7.49. The lowest BCUT2D eigenvalue weighted by molar-refractivity contribution is 0.321. The van der Waals surface area contributed by atoms with Crippen molar-refractivity contribution in [2.75, 3.05) is 24.8 Å². The first kappa shape index (κ1) is 21.4. The van der Waals surface area contributed by atoms with Gasteiger partial charge in [0.1, 0.15) is 5.82 Å². The molecular formula is C22H23Cl2N7. The van der Waals surface area contributed by atoms with Gasteiger partial charge in [0.05, 0.1) is 21.3 Å². The van der Waals surface area contributed by atoms with Crippen LogP contribution in [-0.4, -0.2) is 29.8 Å². The number of nitrogens with zero attached hydrogens (tertiary/aromatic N) is 4. The lowest BCUT2D eigenvalue weighted by atomic mass is 10.0. The maximum absolute atomic E-state index is 6.41. The van der Waals surface area contributed by atoms with Crippen LogP contribution in [0.1, 0.15) is 24.1 Å². The van der Waals surface area contributed by atoms with Gasteiger partial charge in [-0.1, -0.05) is 53.5 Å². The SMILES string of the molecule is CC(c1ccc(-c2cnc(N)c(C3=NNNN3c3cccc(Cl)c3Cl)c2)cc1)N(C)C. The topological polar surface area (TPSA) is 81.8 Å². The Hall–Kier alpha value is -2.84. The fourth-order valence-electron chi connectivity index (χ4n) is 3.32. The maximum atomic E-state index is 6.41. The van der Waals surface area contributed by atoms with Crippen LogP contribution in [0.2, 0.25) is 10.0 Å². The smallest absolute Gasteiger partial charge is 0.181 e. The van der Waals surface area contributed by atoms with Crippen LogP contribution in [0, 0.1) is 0 Å². The Kier molecular flexibility index (Phi) is 6.02. The second-order valence-corrected chi connectivity index (χ2v) is 8.27. The molecule has 1 unspecified atom stereocenters. The highest BCUT2D eigenvalue weighted by atomic mass is 35.5. The second kappa shape index (κ2) is 8.72. The molecule has 0 fully saturated rings. The fourth-order valence-corrected chi connectivity index (χ4v) is 3.70. The highest BCUT2D eigenvalue weighted by molar-refractivity contribution is 6.44. The van der Waals surface area contributed by atoms with Gasteiger partial charge in [0.25, 0.3) is 0 Å². The number of pyridine rings is 1. The lowest BCUT2D eigenvalue weighted by Crippen LogP contribution is -2.41. The quantitative estimate of drug-likeness (QED) is 0.526. The van der Waals surface area contributed by atoms with Gasteiger partial charge in [-0.15, -0.1) is 10.6 Å². The highest BCUT2D eigenvalue weighted by Gasteiger charge is 2.26. The van der Waals surface area contributed by atoms with Crippen LogP contribution >= 0.6 is 23.2 Å². The normalized spacial score (nSPS) is 14.5. The number of benzene rings is 2. The van der Waals surface area contributed by atoms with E-state index in [0.717, 1.165) is 11.1 Å². The number of nitrogens with one attached hydrogen (secondary N) is 2. The summed E-state index contributed by atoms with van der Waals surface area (Å²) in [5.41, 5.74) is 16.4. The van der Waals surface area contributed by atoms with Crippen molar-refractivity contribution in [3.63, 3.8) is 0 Å². The molecule has 160 valence electrons. The van der Waals surface area contributed by atoms with E-state index in [2.05, 4.69) is 71.3 Å². The molecule has 2 aromatic carbocycles. The van der Waals surface area contributed by atoms with Crippen molar-refractivity contribution in [2.45, 2.75) is 13.0 Å². The van der Waals surface area contributed by atoms with Crippen molar-refractivity contribution >= 4 is 40.5 Å². The zero-order valence-electron chi connectivity index (χ0n) is 17.4. The van der Waals surface area contributed by atoms with E-state index < -0.39 is 0 Å². The van der Waals surface area contributed by atoms with Gasteiger partial charge in [-0.2, -0.15) is 0 Å². The first-order valence-corrected chi connectivity index (χ1v) is 10.5. The van der Waals surface area contributed by atoms with Crippen LogP contribution in [0.3, 0.4) is 0 Å². The summed E-state index contributed by atoms with van der Waals surface area (Å²) in [5, 5.41) is 6.88. The van der Waals surface area contributed by atoms with E-state index in [1.807, 2.05) is 18.2 Å². The molecule has 0 saturated heterocycles. The number of rotatable bonds is 5. The van der Waals surface area contributed by atoms with Gasteiger partial charge in [0.2, 0.25) is 0 Å². The maximum Gasteiger partial charge on any atom is 0.181 e. The van der Waals surface area contributed by atoms with Gasteiger partial charge >= 0.3 is 0 Å². The number of hydrogen-bond acceptors (Lipinski definition) is 7. The summed E-state index contributed by atoms with van der Waals surface area (Å²) in [6.07, 6.45) is 1.76. The molecule has 1 aliphatic rings. The average molecular weight is 456 g/mol. The lowest BCUT2D eigenvalue weighted by Gasteiger charge is -2.21. The van der Waals surface area contributed by atoms with E-state index in [1.54, 1.807) is 17.3 Å². The predicted molar refractivity (Wildman–Crippen MR) is 128 cm³/mol. The van der Waals surface area contributed by atoms with Crippen LogP contribution < -0.4 is 21.8 Å². The Bertz CT molecular complexity index is 1130. The van der Waals surface area contributed by atoms with Crippen LogP contribution in [-0.2, 0) is 0 Å². The summed E-state index contributed by atoms with van der Waals surface area (Å²) < 4.78 is 0. The third kappa shape index (κ3) is 4.18. The van der Waals surface area contributed by atoms with E-state index in [0.29, 0.717) is 39.0 Å². The molecule has 1 aromatic heterocycles. The molecule has 0 aliphatic carbocycles. The average Bonchev–Trinajstić information content (AvgIpc) is 3.25. The van der Waals surface area contributed by atoms with E-state index in [9.17, 15) is 0 Å². The first-order chi connectivity index (χ1) is 14.9. The number of nitrogen functional groups attached to an aromatic ring is 1. The van der Waals surface area contributed by atoms with Crippen molar-refractivity contribution in [2.24, 2.45) is 5.10 Å². The Labute approximate surface area is 191 Å². The van der Waals surface area contributed by atoms with Gasteiger partial charge in [-0.3, -0.25) is 0 Å². The molecule has 7 nitrogen and oxygen atoms in total. The molecule has 9 heteroatoms. The molecule has 0 spiro atoms. The molecule has 0 radical (unpaired) electrons. The zero-order valence-corrected chi connectivity index (χ0v) is 18.9. The Balaban J connectivity index is 1.69. The molecule has 0 bridgehead atoms. The summed E-state index contributed by atoms with van der Waals surface area (Å²) in [4.78, 5) is 6.57. The van der Waals surface area contributed by atoms with Crippen molar-refractivity contribution < 1.29 is 0 Å². The number of halogens is 2. The van der Waals surface area contributed by atoms with E-state index in [1.165, 1.54) is 5.56 Å². The minimum Gasteiger partial charge on any atom is -0.383 e. The number of aromatic nitrogens is 1. The van der Waals surface area contributed by atoms with Gasteiger partial charge in [0, 0.05) is 17.8 Å². The third-order valence-corrected chi connectivity index (χ3v) is 6.18. The number of hydrogen-bond donors (Lipinski definition) is 3. The van der Waals surface area contributed by atoms with Crippen LogP contribution in [0.4, 0.5) is 11.5 Å². The first-order valence-electron chi connectivity index (χ1n) is 9.72. The van der Waals surface area contributed by atoms with Crippen LogP contribution in [0.5, 0.6) is 0 Å². The monoisotopic (exact) mass is 455 g/mol. The molecule has 1 atom stereocenters. The Morgan fingerprint density at radius 1 is 1.06 bits per heavy atom. The van der Waals surface area contributed by atoms with Gasteiger partial charge in [0.15, 0.2) is 5.84 Å². The summed E-state index contributed by atoms with van der Waals surface area (Å²) in [7, 11) is 4.13. The Morgan fingerprint density at radius 3 is 2.52 bits per heavy atom. The standard InChI is InChI=1S/C22H23Cl2N7/c1-13(30(2)3)14-7-9-15(10-8-14)16-11-17(21(25)26-12-16)22-27-28-29-31(22)19-6-4-5-18(23)20(19)24/h4-13,28-29H,1-3H3,(H2,25,26). The molecule has 0 saturated carbocycles. The van der Waals surface area contributed by atoms with Crippen molar-refractivity contribution in [3.8, 4) is 11.1 Å². The highest BCUT2D eigenvalue weighted by Crippen LogP contribution is 2.34. The number of nitrogens with two attached hydrogens (primary N) is 1. The molecule has 3 aromatic rings. The minimum absolute atomic E-state index is 0.329. The van der Waals surface area contributed by atoms with Crippen molar-refractivity contribution in [1.29, 1.82) is 0 Å². The fraction of sp³-hybridized carbons (Fsp3) is 0.182. The number of hydrazone groups is 1. The minimum atomic E-state index is 0.329. The molecule has 0 amide bonds. The molecule has 1 aliphatic heterocycles. The van der Waals surface area contributed by atoms with Crippen LogP contribution in [0.25, 0.3) is 11.1 Å². The molecule has 4 rings (SSSR count). The summed E-state index contributed by atoms with van der Waals surface area (Å²) in [6, 6.07) is 16.1. The number of amidine groups is 1. The predicted octanol–water partition coefficient (Wildman–Crippen LogP) is 4.45. The molecule has 2 heterocycles. The molecule has 31 heavy (non-hydrogen) atoms. The molecule has 4 N–H and O–H groups in total. The van der Waals surface area contributed by atoms with E-state index in [4.69, 9.17) is 28.9 Å².